The first-order chi connectivity index (χ1) is 7.86. The lowest BCUT2D eigenvalue weighted by Crippen LogP contribution is -1.81. The van der Waals surface area contributed by atoms with Crippen molar-refractivity contribution in [2.24, 2.45) is 10.2 Å². The molecule has 2 aromatic carbocycles. The quantitative estimate of drug-likeness (QED) is 0.600. The monoisotopic (exact) mass is 228 g/mol. The number of thiol groups is 1. The van der Waals surface area contributed by atoms with Crippen molar-refractivity contribution >= 4 is 18.3 Å². The van der Waals surface area contributed by atoms with Crippen LogP contribution in [0.4, 0.5) is 5.69 Å². The zero-order chi connectivity index (χ0) is 11.2. The molecule has 0 saturated heterocycles. The van der Waals surface area contributed by atoms with Gasteiger partial charge < -0.3 is 0 Å². The van der Waals surface area contributed by atoms with Gasteiger partial charge in [-0.15, -0.1) is 12.6 Å². The zero-order valence-corrected chi connectivity index (χ0v) is 9.64. The van der Waals surface area contributed by atoms with E-state index in [0.717, 1.165) is 16.1 Å². The van der Waals surface area contributed by atoms with Crippen molar-refractivity contribution in [1.82, 2.24) is 0 Å². The van der Waals surface area contributed by atoms with E-state index in [1.165, 1.54) is 0 Å². The molecule has 3 heteroatoms. The molecule has 0 radical (unpaired) electrons. The number of rotatable bonds is 3. The lowest BCUT2D eigenvalue weighted by Gasteiger charge is -1.99. The molecular formula is C13H12N2S. The van der Waals surface area contributed by atoms with Crippen LogP contribution in [0.1, 0.15) is 5.56 Å². The Morgan fingerprint density at radius 3 is 2.31 bits per heavy atom. The Balaban J connectivity index is 2.03. The average Bonchev–Trinajstić information content (AvgIpc) is 2.33. The maximum absolute atomic E-state index is 4.36. The summed E-state index contributed by atoms with van der Waals surface area (Å²) in [6, 6.07) is 17.6. The summed E-state index contributed by atoms with van der Waals surface area (Å²) < 4.78 is 0. The van der Waals surface area contributed by atoms with Gasteiger partial charge in [0.25, 0.3) is 0 Å². The second kappa shape index (κ2) is 5.47. The lowest BCUT2D eigenvalue weighted by atomic mass is 10.2. The van der Waals surface area contributed by atoms with E-state index in [1.807, 2.05) is 54.6 Å². The molecule has 0 heterocycles. The van der Waals surface area contributed by atoms with Crippen molar-refractivity contribution in [3.05, 3.63) is 60.2 Å². The van der Waals surface area contributed by atoms with Crippen LogP contribution in [-0.4, -0.2) is 0 Å². The van der Waals surface area contributed by atoms with E-state index < -0.39 is 0 Å². The van der Waals surface area contributed by atoms with Crippen LogP contribution in [0.3, 0.4) is 0 Å². The van der Waals surface area contributed by atoms with E-state index in [2.05, 4.69) is 22.9 Å². The number of hydrogen-bond acceptors (Lipinski definition) is 3. The molecule has 2 nitrogen and oxygen atoms in total. The first-order valence-electron chi connectivity index (χ1n) is 5.06. The molecule has 0 saturated carbocycles. The van der Waals surface area contributed by atoms with Gasteiger partial charge in [-0.2, -0.15) is 10.2 Å². The second-order valence-corrected chi connectivity index (χ2v) is 3.85. The fourth-order valence-corrected chi connectivity index (χ4v) is 1.56. The third-order valence-electron chi connectivity index (χ3n) is 2.18. The highest BCUT2D eigenvalue weighted by atomic mass is 32.1. The van der Waals surface area contributed by atoms with Gasteiger partial charge in [0.1, 0.15) is 0 Å². The van der Waals surface area contributed by atoms with E-state index in [0.29, 0.717) is 6.54 Å². The minimum Gasteiger partial charge on any atom is -0.184 e. The molecule has 0 aromatic heterocycles. The molecule has 80 valence electrons. The SMILES string of the molecule is Sc1ccccc1CN=Nc1ccccc1. The van der Waals surface area contributed by atoms with Gasteiger partial charge in [-0.25, -0.2) is 0 Å². The molecule has 0 aliphatic heterocycles. The molecule has 0 atom stereocenters. The Morgan fingerprint density at radius 1 is 0.875 bits per heavy atom. The predicted molar refractivity (Wildman–Crippen MR) is 68.4 cm³/mol. The van der Waals surface area contributed by atoms with Crippen molar-refractivity contribution < 1.29 is 0 Å². The number of azo groups is 1. The number of nitrogens with zero attached hydrogens (tertiary/aromatic N) is 2. The summed E-state index contributed by atoms with van der Waals surface area (Å²) >= 11 is 4.36. The summed E-state index contributed by atoms with van der Waals surface area (Å²) in [6.45, 7) is 0.564. The fraction of sp³-hybridized carbons (Fsp3) is 0.0769. The van der Waals surface area contributed by atoms with Crippen molar-refractivity contribution in [2.75, 3.05) is 0 Å². The second-order valence-electron chi connectivity index (χ2n) is 3.36. The highest BCUT2D eigenvalue weighted by molar-refractivity contribution is 7.80. The molecule has 16 heavy (non-hydrogen) atoms. The van der Waals surface area contributed by atoms with E-state index in [1.54, 1.807) is 0 Å². The Morgan fingerprint density at radius 2 is 1.56 bits per heavy atom. The van der Waals surface area contributed by atoms with Gasteiger partial charge >= 0.3 is 0 Å². The zero-order valence-electron chi connectivity index (χ0n) is 8.74. The van der Waals surface area contributed by atoms with Gasteiger partial charge in [-0.1, -0.05) is 36.4 Å². The Labute approximate surface area is 100 Å². The molecule has 0 amide bonds. The minimum atomic E-state index is 0.564. The van der Waals surface area contributed by atoms with E-state index >= 15 is 0 Å². The molecule has 0 bridgehead atoms. The average molecular weight is 228 g/mol. The molecule has 0 unspecified atom stereocenters. The summed E-state index contributed by atoms with van der Waals surface area (Å²) in [6.07, 6.45) is 0. The summed E-state index contributed by atoms with van der Waals surface area (Å²) in [7, 11) is 0. The molecule has 2 aromatic rings. The van der Waals surface area contributed by atoms with E-state index in [4.69, 9.17) is 0 Å². The third-order valence-corrected chi connectivity index (χ3v) is 2.61. The number of hydrogen-bond donors (Lipinski definition) is 1. The Bertz CT molecular complexity index is 480. The Kier molecular flexibility index (Phi) is 3.72. The van der Waals surface area contributed by atoms with Crippen LogP contribution >= 0.6 is 12.6 Å². The standard InChI is InChI=1S/C13H12N2S/c16-13-9-5-4-6-11(13)10-14-15-12-7-2-1-3-8-12/h1-9,16H,10H2. The van der Waals surface area contributed by atoms with E-state index in [9.17, 15) is 0 Å². The molecule has 0 N–H and O–H groups in total. The first-order valence-corrected chi connectivity index (χ1v) is 5.50. The van der Waals surface area contributed by atoms with Crippen LogP contribution in [-0.2, 0) is 6.54 Å². The summed E-state index contributed by atoms with van der Waals surface area (Å²) in [5.41, 5.74) is 1.96. The highest BCUT2D eigenvalue weighted by Crippen LogP contribution is 2.16. The fourth-order valence-electron chi connectivity index (χ4n) is 1.33. The normalized spacial score (nSPS) is 10.8. The van der Waals surface area contributed by atoms with Gasteiger partial charge in [0.05, 0.1) is 12.2 Å². The van der Waals surface area contributed by atoms with Crippen LogP contribution in [0.25, 0.3) is 0 Å². The maximum Gasteiger partial charge on any atom is 0.0864 e. The largest absolute Gasteiger partial charge is 0.184 e. The molecule has 2 rings (SSSR count). The van der Waals surface area contributed by atoms with Crippen molar-refractivity contribution in [3.63, 3.8) is 0 Å². The van der Waals surface area contributed by atoms with Crippen LogP contribution in [0.5, 0.6) is 0 Å². The minimum absolute atomic E-state index is 0.564. The van der Waals surface area contributed by atoms with Crippen molar-refractivity contribution in [1.29, 1.82) is 0 Å². The summed E-state index contributed by atoms with van der Waals surface area (Å²) in [5, 5.41) is 8.28. The molecule has 0 fully saturated rings. The van der Waals surface area contributed by atoms with Gasteiger partial charge in [-0.3, -0.25) is 0 Å². The molecular weight excluding hydrogens is 216 g/mol. The molecule has 0 spiro atoms. The van der Waals surface area contributed by atoms with Gasteiger partial charge in [0.15, 0.2) is 0 Å². The first kappa shape index (κ1) is 10.9. The maximum atomic E-state index is 4.36. The van der Waals surface area contributed by atoms with Crippen LogP contribution in [0.2, 0.25) is 0 Å². The van der Waals surface area contributed by atoms with E-state index in [-0.39, 0.29) is 0 Å². The van der Waals surface area contributed by atoms with Crippen molar-refractivity contribution in [2.45, 2.75) is 11.4 Å². The molecule has 0 aliphatic rings. The van der Waals surface area contributed by atoms with Crippen LogP contribution in [0, 0.1) is 0 Å². The van der Waals surface area contributed by atoms with Gasteiger partial charge in [0, 0.05) is 4.90 Å². The summed E-state index contributed by atoms with van der Waals surface area (Å²) in [4.78, 5) is 0.953. The smallest absolute Gasteiger partial charge is 0.0864 e. The highest BCUT2D eigenvalue weighted by Gasteiger charge is 1.95. The van der Waals surface area contributed by atoms with Crippen LogP contribution < -0.4 is 0 Å². The Hall–Kier alpha value is -1.61. The molecule has 0 aliphatic carbocycles. The predicted octanol–water partition coefficient (Wildman–Crippen LogP) is 4.26. The van der Waals surface area contributed by atoms with Crippen LogP contribution in [0.15, 0.2) is 69.7 Å². The lowest BCUT2D eigenvalue weighted by molar-refractivity contribution is 0.937. The third kappa shape index (κ3) is 2.94. The van der Waals surface area contributed by atoms with Gasteiger partial charge in [0.2, 0.25) is 0 Å². The summed E-state index contributed by atoms with van der Waals surface area (Å²) in [5.74, 6) is 0. The van der Waals surface area contributed by atoms with Crippen molar-refractivity contribution in [3.8, 4) is 0 Å². The topological polar surface area (TPSA) is 24.7 Å². The van der Waals surface area contributed by atoms with Gasteiger partial charge in [-0.05, 0) is 23.8 Å². The number of benzene rings is 2.